The lowest BCUT2D eigenvalue weighted by Crippen LogP contribution is -2.08. The van der Waals surface area contributed by atoms with Crippen molar-refractivity contribution in [2.45, 2.75) is 13.0 Å². The third-order valence-corrected chi connectivity index (χ3v) is 3.19. The van der Waals surface area contributed by atoms with Gasteiger partial charge in [0.1, 0.15) is 0 Å². The predicted molar refractivity (Wildman–Crippen MR) is 69.5 cm³/mol. The van der Waals surface area contributed by atoms with Gasteiger partial charge in [-0.25, -0.2) is 0 Å². The van der Waals surface area contributed by atoms with Gasteiger partial charge >= 0.3 is 0 Å². The molecule has 88 valence electrons. The number of hydrogen-bond donors (Lipinski definition) is 1. The minimum Gasteiger partial charge on any atom is -0.378 e. The molecule has 0 radical (unpaired) electrons. The number of para-hydroxylation sites is 1. The van der Waals surface area contributed by atoms with Gasteiger partial charge in [0.05, 0.1) is 16.5 Å². The Morgan fingerprint density at radius 1 is 1.35 bits per heavy atom. The normalized spacial score (nSPS) is 12.1. The molecule has 1 N–H and O–H groups in total. The molecule has 0 spiro atoms. The van der Waals surface area contributed by atoms with Gasteiger partial charge < -0.3 is 5.32 Å². The summed E-state index contributed by atoms with van der Waals surface area (Å²) in [5.41, 5.74) is 1.84. The molecule has 2 rings (SSSR count). The Bertz CT molecular complexity index is 511. The van der Waals surface area contributed by atoms with Crippen LogP contribution in [0.2, 0.25) is 0 Å². The summed E-state index contributed by atoms with van der Waals surface area (Å²) in [5.74, 6) is 0. The quantitative estimate of drug-likeness (QED) is 0.660. The van der Waals surface area contributed by atoms with E-state index in [1.165, 1.54) is 6.07 Å². The fourth-order valence-corrected chi connectivity index (χ4v) is 2.29. The van der Waals surface area contributed by atoms with Crippen molar-refractivity contribution < 1.29 is 4.92 Å². The highest BCUT2D eigenvalue weighted by atomic mass is 32.1. The summed E-state index contributed by atoms with van der Waals surface area (Å²) in [7, 11) is 0. The summed E-state index contributed by atoms with van der Waals surface area (Å²) >= 11 is 1.59. The lowest BCUT2D eigenvalue weighted by Gasteiger charge is -2.14. The molecule has 0 amide bonds. The molecule has 0 aliphatic heterocycles. The van der Waals surface area contributed by atoms with E-state index in [0.29, 0.717) is 5.56 Å². The largest absolute Gasteiger partial charge is 0.378 e. The predicted octanol–water partition coefficient (Wildman–Crippen LogP) is 3.83. The van der Waals surface area contributed by atoms with Crippen LogP contribution in [0.3, 0.4) is 0 Å². The lowest BCUT2D eigenvalue weighted by molar-refractivity contribution is -0.385. The molecule has 0 fully saturated rings. The fourth-order valence-electron chi connectivity index (χ4n) is 1.69. The van der Waals surface area contributed by atoms with Crippen LogP contribution < -0.4 is 5.32 Å². The van der Waals surface area contributed by atoms with Crippen molar-refractivity contribution in [3.63, 3.8) is 0 Å². The molecule has 1 atom stereocenters. The number of benzene rings is 1. The first-order valence-corrected chi connectivity index (χ1v) is 6.15. The van der Waals surface area contributed by atoms with Crippen LogP contribution in [0.25, 0.3) is 0 Å². The van der Waals surface area contributed by atoms with E-state index in [0.717, 1.165) is 5.69 Å². The standard InChI is InChI=1S/C12H12N2O2S/c1-9(13-10-6-7-17-8-10)11-4-2-3-5-12(11)14(15)16/h2-9,13H,1H3. The first kappa shape index (κ1) is 11.6. The van der Waals surface area contributed by atoms with Crippen molar-refractivity contribution in [1.82, 2.24) is 0 Å². The zero-order valence-corrected chi connectivity index (χ0v) is 10.1. The average molecular weight is 248 g/mol. The zero-order chi connectivity index (χ0) is 12.3. The van der Waals surface area contributed by atoms with Crippen LogP contribution in [0.4, 0.5) is 11.4 Å². The number of nitro groups is 1. The number of thiophene rings is 1. The van der Waals surface area contributed by atoms with E-state index in [2.05, 4.69) is 5.32 Å². The minimum absolute atomic E-state index is 0.0915. The number of nitrogens with zero attached hydrogens (tertiary/aromatic N) is 1. The van der Waals surface area contributed by atoms with E-state index in [1.807, 2.05) is 29.8 Å². The molecule has 17 heavy (non-hydrogen) atoms. The van der Waals surface area contributed by atoms with Gasteiger partial charge in [0, 0.05) is 17.1 Å². The van der Waals surface area contributed by atoms with Crippen LogP contribution in [-0.2, 0) is 0 Å². The van der Waals surface area contributed by atoms with Crippen LogP contribution in [0.1, 0.15) is 18.5 Å². The second-order valence-corrected chi connectivity index (χ2v) is 4.47. The van der Waals surface area contributed by atoms with Gasteiger partial charge in [-0.05, 0) is 18.4 Å². The first-order chi connectivity index (χ1) is 8.18. The Labute approximate surface area is 103 Å². The zero-order valence-electron chi connectivity index (χ0n) is 9.29. The molecular weight excluding hydrogens is 236 g/mol. The Morgan fingerprint density at radius 3 is 2.76 bits per heavy atom. The molecular formula is C12H12N2O2S. The summed E-state index contributed by atoms with van der Waals surface area (Å²) < 4.78 is 0. The highest BCUT2D eigenvalue weighted by Gasteiger charge is 2.17. The SMILES string of the molecule is CC(Nc1ccsc1)c1ccccc1[N+](=O)[O-]. The Hall–Kier alpha value is -1.88. The maximum Gasteiger partial charge on any atom is 0.274 e. The van der Waals surface area contributed by atoms with Crippen molar-refractivity contribution in [3.05, 3.63) is 56.8 Å². The van der Waals surface area contributed by atoms with Crippen LogP contribution in [0.15, 0.2) is 41.1 Å². The minimum atomic E-state index is -0.346. The van der Waals surface area contributed by atoms with Gasteiger partial charge in [0.25, 0.3) is 5.69 Å². The molecule has 4 nitrogen and oxygen atoms in total. The fraction of sp³-hybridized carbons (Fsp3) is 0.167. The maximum absolute atomic E-state index is 10.9. The van der Waals surface area contributed by atoms with Crippen LogP contribution in [0, 0.1) is 10.1 Å². The van der Waals surface area contributed by atoms with E-state index < -0.39 is 0 Å². The van der Waals surface area contributed by atoms with E-state index in [-0.39, 0.29) is 16.7 Å². The molecule has 0 saturated carbocycles. The third-order valence-electron chi connectivity index (χ3n) is 2.50. The van der Waals surface area contributed by atoms with Gasteiger partial charge in [0.2, 0.25) is 0 Å². The first-order valence-electron chi connectivity index (χ1n) is 5.20. The van der Waals surface area contributed by atoms with Crippen molar-refractivity contribution >= 4 is 22.7 Å². The van der Waals surface area contributed by atoms with Gasteiger partial charge in [-0.15, -0.1) is 0 Å². The monoisotopic (exact) mass is 248 g/mol. The van der Waals surface area contributed by atoms with Crippen molar-refractivity contribution in [3.8, 4) is 0 Å². The molecule has 1 heterocycles. The Balaban J connectivity index is 2.24. The second-order valence-electron chi connectivity index (χ2n) is 3.69. The van der Waals surface area contributed by atoms with Crippen molar-refractivity contribution in [2.24, 2.45) is 0 Å². The summed E-state index contributed by atoms with van der Waals surface area (Å²) in [6.45, 7) is 1.92. The van der Waals surface area contributed by atoms with Crippen LogP contribution in [0.5, 0.6) is 0 Å². The molecule has 5 heteroatoms. The van der Waals surface area contributed by atoms with E-state index >= 15 is 0 Å². The van der Waals surface area contributed by atoms with Gasteiger partial charge in [-0.2, -0.15) is 11.3 Å². The van der Waals surface area contributed by atoms with E-state index in [4.69, 9.17) is 0 Å². The Morgan fingerprint density at radius 2 is 2.12 bits per heavy atom. The smallest absolute Gasteiger partial charge is 0.274 e. The topological polar surface area (TPSA) is 55.2 Å². The second kappa shape index (κ2) is 4.97. The van der Waals surface area contributed by atoms with E-state index in [9.17, 15) is 10.1 Å². The number of anilines is 1. The molecule has 2 aromatic rings. The van der Waals surface area contributed by atoms with Crippen molar-refractivity contribution in [1.29, 1.82) is 0 Å². The van der Waals surface area contributed by atoms with E-state index in [1.54, 1.807) is 23.5 Å². The molecule has 1 unspecified atom stereocenters. The molecule has 0 saturated heterocycles. The third kappa shape index (κ3) is 2.62. The van der Waals surface area contributed by atoms with Crippen LogP contribution in [-0.4, -0.2) is 4.92 Å². The molecule has 1 aromatic carbocycles. The summed E-state index contributed by atoms with van der Waals surface area (Å²) in [6, 6.07) is 8.66. The highest BCUT2D eigenvalue weighted by Crippen LogP contribution is 2.27. The maximum atomic E-state index is 10.9. The molecule has 0 bridgehead atoms. The van der Waals surface area contributed by atoms with Crippen LogP contribution >= 0.6 is 11.3 Å². The molecule has 0 aliphatic carbocycles. The molecule has 1 aromatic heterocycles. The Kier molecular flexibility index (Phi) is 3.39. The number of nitro benzene ring substituents is 1. The van der Waals surface area contributed by atoms with Gasteiger partial charge in [-0.3, -0.25) is 10.1 Å². The number of nitrogens with one attached hydrogen (secondary N) is 1. The van der Waals surface area contributed by atoms with Gasteiger partial charge in [-0.1, -0.05) is 18.2 Å². The highest BCUT2D eigenvalue weighted by molar-refractivity contribution is 7.08. The lowest BCUT2D eigenvalue weighted by atomic mass is 10.1. The van der Waals surface area contributed by atoms with Crippen molar-refractivity contribution in [2.75, 3.05) is 5.32 Å². The number of hydrogen-bond acceptors (Lipinski definition) is 4. The number of rotatable bonds is 4. The summed E-state index contributed by atoms with van der Waals surface area (Å²) in [4.78, 5) is 10.6. The summed E-state index contributed by atoms with van der Waals surface area (Å²) in [6.07, 6.45) is 0. The summed E-state index contributed by atoms with van der Waals surface area (Å²) in [5, 5.41) is 18.1. The molecule has 0 aliphatic rings. The van der Waals surface area contributed by atoms with Gasteiger partial charge in [0.15, 0.2) is 0 Å². The average Bonchev–Trinajstić information content (AvgIpc) is 2.81.